The second kappa shape index (κ2) is 5.54. The van der Waals surface area contributed by atoms with Crippen LogP contribution in [0, 0.1) is 11.3 Å². The predicted octanol–water partition coefficient (Wildman–Crippen LogP) is 1.60. The molecule has 0 radical (unpaired) electrons. The third-order valence-electron chi connectivity index (χ3n) is 2.03. The van der Waals surface area contributed by atoms with Gasteiger partial charge in [-0.15, -0.1) is 0 Å². The van der Waals surface area contributed by atoms with E-state index in [0.717, 1.165) is 0 Å². The topological polar surface area (TPSA) is 71.7 Å². The summed E-state index contributed by atoms with van der Waals surface area (Å²) in [5.74, 6) is 1.04. The summed E-state index contributed by atoms with van der Waals surface area (Å²) in [4.78, 5) is 13.5. The van der Waals surface area contributed by atoms with Crippen molar-refractivity contribution >= 4 is 6.08 Å². The van der Waals surface area contributed by atoms with E-state index in [4.69, 9.17) is 14.7 Å². The number of nitriles is 1. The van der Waals surface area contributed by atoms with Crippen LogP contribution in [0.1, 0.15) is 11.6 Å². The molecule has 0 aromatic heterocycles. The van der Waals surface area contributed by atoms with Gasteiger partial charge in [-0.05, 0) is 17.7 Å². The number of hydrogen-bond acceptors (Lipinski definition) is 5. The summed E-state index contributed by atoms with van der Waals surface area (Å²) in [6.07, 6.45) is 1.36. The normalized spacial score (nSPS) is 10.8. The summed E-state index contributed by atoms with van der Waals surface area (Å²) in [7, 11) is 3.01. The molecule has 1 atom stereocenters. The average molecular weight is 218 g/mol. The van der Waals surface area contributed by atoms with Gasteiger partial charge in [0.15, 0.2) is 17.5 Å². The van der Waals surface area contributed by atoms with Crippen molar-refractivity contribution in [1.82, 2.24) is 0 Å². The zero-order valence-corrected chi connectivity index (χ0v) is 8.93. The average Bonchev–Trinajstić information content (AvgIpc) is 2.35. The Hall–Kier alpha value is -2.31. The molecule has 1 aromatic carbocycles. The van der Waals surface area contributed by atoms with Crippen molar-refractivity contribution in [3.63, 3.8) is 0 Å². The molecule has 0 spiro atoms. The van der Waals surface area contributed by atoms with E-state index >= 15 is 0 Å². The summed E-state index contributed by atoms with van der Waals surface area (Å²) in [6.45, 7) is 0. The minimum absolute atomic E-state index is 0.487. The van der Waals surface area contributed by atoms with Crippen molar-refractivity contribution in [2.75, 3.05) is 14.2 Å². The fourth-order valence-electron chi connectivity index (χ4n) is 1.25. The Bertz CT molecular complexity index is 459. The van der Waals surface area contributed by atoms with Crippen LogP contribution in [0.3, 0.4) is 0 Å². The summed E-state index contributed by atoms with van der Waals surface area (Å²) >= 11 is 0. The SMILES string of the molecule is COc1ccc(C(C#N)N=C=O)cc1OC. The maximum atomic E-state index is 10.1. The lowest BCUT2D eigenvalue weighted by Gasteiger charge is -2.09. The summed E-state index contributed by atoms with van der Waals surface area (Å²) < 4.78 is 10.1. The van der Waals surface area contributed by atoms with Gasteiger partial charge in [-0.3, -0.25) is 0 Å². The molecular weight excluding hydrogens is 208 g/mol. The first kappa shape index (κ1) is 11.8. The molecule has 5 nitrogen and oxygen atoms in total. The van der Waals surface area contributed by atoms with Gasteiger partial charge < -0.3 is 9.47 Å². The molecule has 16 heavy (non-hydrogen) atoms. The molecule has 1 rings (SSSR count). The van der Waals surface area contributed by atoms with Gasteiger partial charge in [0.2, 0.25) is 6.08 Å². The smallest absolute Gasteiger partial charge is 0.236 e. The molecule has 0 aliphatic heterocycles. The number of methoxy groups -OCH3 is 2. The zero-order valence-electron chi connectivity index (χ0n) is 8.93. The lowest BCUT2D eigenvalue weighted by atomic mass is 10.1. The highest BCUT2D eigenvalue weighted by Gasteiger charge is 2.12. The second-order valence-electron chi connectivity index (χ2n) is 2.87. The lowest BCUT2D eigenvalue weighted by molar-refractivity contribution is 0.354. The van der Waals surface area contributed by atoms with Crippen molar-refractivity contribution in [3.05, 3.63) is 23.8 Å². The zero-order chi connectivity index (χ0) is 12.0. The molecule has 5 heteroatoms. The van der Waals surface area contributed by atoms with E-state index in [1.807, 2.05) is 6.07 Å². The Labute approximate surface area is 92.9 Å². The van der Waals surface area contributed by atoms with Crippen LogP contribution in [-0.4, -0.2) is 20.3 Å². The van der Waals surface area contributed by atoms with Crippen molar-refractivity contribution in [2.45, 2.75) is 6.04 Å². The number of isocyanates is 1. The molecule has 0 amide bonds. The van der Waals surface area contributed by atoms with E-state index in [1.165, 1.54) is 20.3 Å². The minimum atomic E-state index is -0.864. The number of benzene rings is 1. The third kappa shape index (κ3) is 2.38. The van der Waals surface area contributed by atoms with Gasteiger partial charge in [-0.1, -0.05) is 6.07 Å². The maximum absolute atomic E-state index is 10.1. The van der Waals surface area contributed by atoms with Crippen LogP contribution in [0.2, 0.25) is 0 Å². The van der Waals surface area contributed by atoms with Gasteiger partial charge in [-0.25, -0.2) is 4.79 Å². The first-order valence-electron chi connectivity index (χ1n) is 4.45. The molecule has 0 saturated carbocycles. The Morgan fingerprint density at radius 1 is 1.31 bits per heavy atom. The van der Waals surface area contributed by atoms with E-state index in [9.17, 15) is 4.79 Å². The van der Waals surface area contributed by atoms with Crippen molar-refractivity contribution < 1.29 is 14.3 Å². The Kier molecular flexibility index (Phi) is 4.07. The Morgan fingerprint density at radius 2 is 2.00 bits per heavy atom. The van der Waals surface area contributed by atoms with E-state index in [0.29, 0.717) is 17.1 Å². The molecule has 0 aliphatic carbocycles. The van der Waals surface area contributed by atoms with Crippen LogP contribution in [0.5, 0.6) is 11.5 Å². The van der Waals surface area contributed by atoms with Gasteiger partial charge in [-0.2, -0.15) is 10.3 Å². The maximum Gasteiger partial charge on any atom is 0.236 e. The van der Waals surface area contributed by atoms with E-state index in [1.54, 1.807) is 18.2 Å². The quantitative estimate of drug-likeness (QED) is 0.568. The molecule has 0 aliphatic rings. The Morgan fingerprint density at radius 3 is 2.50 bits per heavy atom. The van der Waals surface area contributed by atoms with E-state index < -0.39 is 6.04 Å². The van der Waals surface area contributed by atoms with Crippen LogP contribution in [0.15, 0.2) is 23.2 Å². The highest BCUT2D eigenvalue weighted by atomic mass is 16.5. The van der Waals surface area contributed by atoms with Crippen molar-refractivity contribution in [2.24, 2.45) is 4.99 Å². The standard InChI is InChI=1S/C11H10N2O3/c1-15-10-4-3-8(5-11(10)16-2)9(6-12)13-7-14/h3-5,9H,1-2H3. The summed E-state index contributed by atoms with van der Waals surface area (Å²) in [5.41, 5.74) is 0.559. The number of carbonyl (C=O) groups excluding carboxylic acids is 1. The van der Waals surface area contributed by atoms with Crippen LogP contribution in [-0.2, 0) is 4.79 Å². The number of aliphatic imine (C=N–C) groups is 1. The van der Waals surface area contributed by atoms with E-state index in [-0.39, 0.29) is 0 Å². The first-order valence-corrected chi connectivity index (χ1v) is 4.45. The monoisotopic (exact) mass is 218 g/mol. The Balaban J connectivity index is 3.16. The fourth-order valence-corrected chi connectivity index (χ4v) is 1.25. The summed E-state index contributed by atoms with van der Waals surface area (Å²) in [5, 5.41) is 8.81. The molecule has 1 aromatic rings. The van der Waals surface area contributed by atoms with Gasteiger partial charge >= 0.3 is 0 Å². The molecule has 0 heterocycles. The first-order chi connectivity index (χ1) is 7.76. The van der Waals surface area contributed by atoms with Crippen molar-refractivity contribution in [3.8, 4) is 17.6 Å². The van der Waals surface area contributed by atoms with Crippen LogP contribution in [0.25, 0.3) is 0 Å². The number of rotatable bonds is 4. The molecule has 1 unspecified atom stereocenters. The van der Waals surface area contributed by atoms with Gasteiger partial charge in [0, 0.05) is 0 Å². The highest BCUT2D eigenvalue weighted by Crippen LogP contribution is 2.30. The third-order valence-corrected chi connectivity index (χ3v) is 2.03. The summed E-state index contributed by atoms with van der Waals surface area (Å²) in [6, 6.07) is 5.92. The van der Waals surface area contributed by atoms with Gasteiger partial charge in [0.05, 0.1) is 20.3 Å². The van der Waals surface area contributed by atoms with Crippen LogP contribution >= 0.6 is 0 Å². The predicted molar refractivity (Wildman–Crippen MR) is 56.0 cm³/mol. The van der Waals surface area contributed by atoms with Crippen LogP contribution in [0.4, 0.5) is 0 Å². The van der Waals surface area contributed by atoms with Gasteiger partial charge in [0.25, 0.3) is 0 Å². The largest absolute Gasteiger partial charge is 0.493 e. The van der Waals surface area contributed by atoms with E-state index in [2.05, 4.69) is 4.99 Å². The molecule has 0 N–H and O–H groups in total. The molecular formula is C11H10N2O3. The number of ether oxygens (including phenoxy) is 2. The minimum Gasteiger partial charge on any atom is -0.493 e. The van der Waals surface area contributed by atoms with Gasteiger partial charge in [0.1, 0.15) is 0 Å². The van der Waals surface area contributed by atoms with Crippen molar-refractivity contribution in [1.29, 1.82) is 5.26 Å². The number of hydrogen-bond donors (Lipinski definition) is 0. The molecule has 82 valence electrons. The molecule has 0 saturated heterocycles. The van der Waals surface area contributed by atoms with Crippen LogP contribution < -0.4 is 9.47 Å². The molecule has 0 fully saturated rings. The highest BCUT2D eigenvalue weighted by molar-refractivity contribution is 5.46. The second-order valence-corrected chi connectivity index (χ2v) is 2.87. The fraction of sp³-hybridized carbons (Fsp3) is 0.273. The number of nitrogens with zero attached hydrogens (tertiary/aromatic N) is 2. The molecule has 0 bridgehead atoms. The lowest BCUT2D eigenvalue weighted by Crippen LogP contribution is -1.95.